The zero-order valence-electron chi connectivity index (χ0n) is 14.2. The van der Waals surface area contributed by atoms with E-state index in [1.54, 1.807) is 0 Å². The van der Waals surface area contributed by atoms with E-state index in [4.69, 9.17) is 5.10 Å². The third-order valence-corrected chi connectivity index (χ3v) is 5.19. The van der Waals surface area contributed by atoms with Crippen molar-refractivity contribution in [3.8, 4) is 5.69 Å². The topological polar surface area (TPSA) is 41.4 Å². The van der Waals surface area contributed by atoms with Gasteiger partial charge in [0.1, 0.15) is 0 Å². The first kappa shape index (κ1) is 15.4. The molecule has 0 saturated carbocycles. The number of benzene rings is 1. The van der Waals surface area contributed by atoms with Crippen LogP contribution in [0.3, 0.4) is 0 Å². The van der Waals surface area contributed by atoms with Crippen molar-refractivity contribution in [3.63, 3.8) is 0 Å². The number of fused-ring (bicyclic) bond motifs is 1. The van der Waals surface area contributed by atoms with Crippen LogP contribution in [0.5, 0.6) is 0 Å². The lowest BCUT2D eigenvalue weighted by Gasteiger charge is -2.16. The van der Waals surface area contributed by atoms with Crippen molar-refractivity contribution in [2.45, 2.75) is 32.6 Å². The van der Waals surface area contributed by atoms with Crippen molar-refractivity contribution in [1.29, 1.82) is 0 Å². The highest BCUT2D eigenvalue weighted by Gasteiger charge is 2.21. The Kier molecular flexibility index (Phi) is 4.10. The van der Waals surface area contributed by atoms with Gasteiger partial charge in [0, 0.05) is 44.4 Å². The maximum Gasteiger partial charge on any atom is 0.227 e. The van der Waals surface area contributed by atoms with Gasteiger partial charge in [-0.25, -0.2) is 4.68 Å². The molecule has 0 radical (unpaired) electrons. The molecule has 2 aliphatic rings. The highest BCUT2D eigenvalue weighted by atomic mass is 16.2. The van der Waals surface area contributed by atoms with Crippen molar-refractivity contribution < 1.29 is 4.79 Å². The predicted molar refractivity (Wildman–Crippen MR) is 94.7 cm³/mol. The molecule has 2 aromatic rings. The van der Waals surface area contributed by atoms with Crippen molar-refractivity contribution in [2.24, 2.45) is 0 Å². The number of hydrogen-bond acceptors (Lipinski definition) is 3. The van der Waals surface area contributed by atoms with Gasteiger partial charge in [-0.05, 0) is 49.2 Å². The normalized spacial score (nSPS) is 18.7. The molecule has 2 aliphatic heterocycles. The second kappa shape index (κ2) is 6.40. The number of hydrogen-bond donors (Lipinski definition) is 0. The Morgan fingerprint density at radius 3 is 2.46 bits per heavy atom. The Labute approximate surface area is 142 Å². The lowest BCUT2D eigenvalue weighted by molar-refractivity contribution is -0.117. The Morgan fingerprint density at radius 1 is 1.00 bits per heavy atom. The highest BCUT2D eigenvalue weighted by Crippen LogP contribution is 2.23. The van der Waals surface area contributed by atoms with Crippen LogP contribution in [0.2, 0.25) is 0 Å². The van der Waals surface area contributed by atoms with Crippen LogP contribution in [0.1, 0.15) is 31.0 Å². The maximum atomic E-state index is 11.9. The summed E-state index contributed by atoms with van der Waals surface area (Å²) >= 11 is 0. The smallest absolute Gasteiger partial charge is 0.227 e. The van der Waals surface area contributed by atoms with Gasteiger partial charge in [-0.3, -0.25) is 4.79 Å². The first-order valence-corrected chi connectivity index (χ1v) is 8.95. The number of anilines is 1. The van der Waals surface area contributed by atoms with Gasteiger partial charge < -0.3 is 9.80 Å². The molecule has 126 valence electrons. The molecular weight excluding hydrogens is 300 g/mol. The number of aromatic nitrogens is 2. The SMILES string of the molecule is CCN1CCc2cn(-c3ccc(N4CCCC4=O)cc3)nc2CC1. The van der Waals surface area contributed by atoms with Gasteiger partial charge in [0.2, 0.25) is 5.91 Å². The summed E-state index contributed by atoms with van der Waals surface area (Å²) in [5.74, 6) is 0.231. The summed E-state index contributed by atoms with van der Waals surface area (Å²) in [6.07, 6.45) is 5.90. The Balaban J connectivity index is 1.54. The molecular formula is C19H24N4O. The Morgan fingerprint density at radius 2 is 1.75 bits per heavy atom. The molecule has 4 rings (SSSR count). The lowest BCUT2D eigenvalue weighted by Crippen LogP contribution is -2.26. The molecule has 1 amide bonds. The average molecular weight is 324 g/mol. The maximum absolute atomic E-state index is 11.9. The molecule has 0 atom stereocenters. The van der Waals surface area contributed by atoms with Crippen molar-refractivity contribution >= 4 is 11.6 Å². The van der Waals surface area contributed by atoms with E-state index < -0.39 is 0 Å². The summed E-state index contributed by atoms with van der Waals surface area (Å²) in [4.78, 5) is 16.2. The molecule has 5 heteroatoms. The van der Waals surface area contributed by atoms with E-state index in [-0.39, 0.29) is 5.91 Å². The molecule has 1 fully saturated rings. The quantitative estimate of drug-likeness (QED) is 0.871. The van der Waals surface area contributed by atoms with Gasteiger partial charge in [0.25, 0.3) is 0 Å². The Bertz CT molecular complexity index is 709. The third-order valence-electron chi connectivity index (χ3n) is 5.19. The van der Waals surface area contributed by atoms with Crippen LogP contribution in [0.25, 0.3) is 5.69 Å². The summed E-state index contributed by atoms with van der Waals surface area (Å²) < 4.78 is 1.99. The minimum absolute atomic E-state index is 0.231. The van der Waals surface area contributed by atoms with E-state index in [1.165, 1.54) is 11.3 Å². The number of rotatable bonds is 3. The standard InChI is InChI=1S/C19H24N4O/c1-2-21-12-9-15-14-23(20-18(15)10-13-21)17-7-5-16(6-8-17)22-11-3-4-19(22)24/h5-8,14H,2-4,9-13H2,1H3. The molecule has 0 aliphatic carbocycles. The first-order valence-electron chi connectivity index (χ1n) is 8.95. The van der Waals surface area contributed by atoms with Gasteiger partial charge in [0.15, 0.2) is 0 Å². The van der Waals surface area contributed by atoms with Gasteiger partial charge in [0.05, 0.1) is 11.4 Å². The van der Waals surface area contributed by atoms with Crippen molar-refractivity contribution in [1.82, 2.24) is 14.7 Å². The van der Waals surface area contributed by atoms with Crippen LogP contribution in [-0.4, -0.2) is 46.8 Å². The minimum Gasteiger partial charge on any atom is -0.312 e. The Hall–Kier alpha value is -2.14. The van der Waals surface area contributed by atoms with E-state index in [0.29, 0.717) is 6.42 Å². The summed E-state index contributed by atoms with van der Waals surface area (Å²) in [7, 11) is 0. The number of likely N-dealkylation sites (N-methyl/N-ethyl adjacent to an activating group) is 1. The zero-order valence-corrected chi connectivity index (χ0v) is 14.2. The van der Waals surface area contributed by atoms with Crippen LogP contribution in [-0.2, 0) is 17.6 Å². The predicted octanol–water partition coefficient (Wildman–Crippen LogP) is 2.42. The number of carbonyl (C=O) groups is 1. The van der Waals surface area contributed by atoms with Crippen LogP contribution in [0.15, 0.2) is 30.5 Å². The minimum atomic E-state index is 0.231. The molecule has 1 aromatic carbocycles. The highest BCUT2D eigenvalue weighted by molar-refractivity contribution is 5.95. The van der Waals surface area contributed by atoms with Crippen molar-refractivity contribution in [3.05, 3.63) is 41.7 Å². The molecule has 0 N–H and O–H groups in total. The molecule has 3 heterocycles. The fourth-order valence-corrected chi connectivity index (χ4v) is 3.67. The van der Waals surface area contributed by atoms with Crippen LogP contribution < -0.4 is 4.90 Å². The summed E-state index contributed by atoms with van der Waals surface area (Å²) in [6.45, 7) is 6.38. The summed E-state index contributed by atoms with van der Waals surface area (Å²) in [5, 5.41) is 4.80. The number of carbonyl (C=O) groups excluding carboxylic acids is 1. The molecule has 0 unspecified atom stereocenters. The second-order valence-corrected chi connectivity index (χ2v) is 6.65. The second-order valence-electron chi connectivity index (χ2n) is 6.65. The van der Waals surface area contributed by atoms with E-state index >= 15 is 0 Å². The molecule has 1 saturated heterocycles. The first-order chi connectivity index (χ1) is 11.7. The number of amides is 1. The van der Waals surface area contributed by atoms with E-state index in [1.807, 2.05) is 21.7 Å². The van der Waals surface area contributed by atoms with E-state index in [9.17, 15) is 4.79 Å². The van der Waals surface area contributed by atoms with Crippen LogP contribution in [0.4, 0.5) is 5.69 Å². The van der Waals surface area contributed by atoms with Gasteiger partial charge >= 0.3 is 0 Å². The van der Waals surface area contributed by atoms with Crippen LogP contribution in [0, 0.1) is 0 Å². The largest absolute Gasteiger partial charge is 0.312 e. The van der Waals surface area contributed by atoms with Gasteiger partial charge in [-0.2, -0.15) is 5.10 Å². The van der Waals surface area contributed by atoms with Crippen LogP contribution >= 0.6 is 0 Å². The monoisotopic (exact) mass is 324 g/mol. The van der Waals surface area contributed by atoms with E-state index in [2.05, 4.69) is 30.2 Å². The zero-order chi connectivity index (χ0) is 16.5. The van der Waals surface area contributed by atoms with Crippen molar-refractivity contribution in [2.75, 3.05) is 31.1 Å². The summed E-state index contributed by atoms with van der Waals surface area (Å²) in [5.41, 5.74) is 4.65. The van der Waals surface area contributed by atoms with Gasteiger partial charge in [-0.1, -0.05) is 6.92 Å². The average Bonchev–Trinajstić information content (AvgIpc) is 3.17. The lowest BCUT2D eigenvalue weighted by atomic mass is 10.2. The molecule has 5 nitrogen and oxygen atoms in total. The fraction of sp³-hybridized carbons (Fsp3) is 0.474. The third kappa shape index (κ3) is 2.84. The molecule has 1 aromatic heterocycles. The number of nitrogens with zero attached hydrogens (tertiary/aromatic N) is 4. The summed E-state index contributed by atoms with van der Waals surface area (Å²) in [6, 6.07) is 8.19. The molecule has 0 spiro atoms. The van der Waals surface area contributed by atoms with Gasteiger partial charge in [-0.15, -0.1) is 0 Å². The fourth-order valence-electron chi connectivity index (χ4n) is 3.67. The molecule has 24 heavy (non-hydrogen) atoms. The molecule has 0 bridgehead atoms. The van der Waals surface area contributed by atoms with E-state index in [0.717, 1.165) is 56.8 Å².